The molecule has 8 heteroatoms. The third kappa shape index (κ3) is 3.68. The van der Waals surface area contributed by atoms with Gasteiger partial charge in [-0.3, -0.25) is 14.5 Å². The van der Waals surface area contributed by atoms with E-state index in [4.69, 9.17) is 9.47 Å². The van der Waals surface area contributed by atoms with Gasteiger partial charge in [0.15, 0.2) is 6.61 Å². The zero-order valence-electron chi connectivity index (χ0n) is 15.3. The quantitative estimate of drug-likeness (QED) is 0.808. The number of rotatable bonds is 3. The summed E-state index contributed by atoms with van der Waals surface area (Å²) in [5, 5.41) is 2.48. The number of nitrogens with zero attached hydrogens (tertiary/aromatic N) is 3. The van der Waals surface area contributed by atoms with Crippen LogP contribution in [0.4, 0.5) is 5.69 Å². The number of fused-ring (bicyclic) bond motifs is 1. The number of carbonyl (C=O) groups excluding carboxylic acids is 2. The topological polar surface area (TPSA) is 72.0 Å². The lowest BCUT2D eigenvalue weighted by Crippen LogP contribution is -2.48. The van der Waals surface area contributed by atoms with Gasteiger partial charge in [-0.2, -0.15) is 0 Å². The molecule has 2 aromatic rings. The van der Waals surface area contributed by atoms with E-state index < -0.39 is 0 Å². The van der Waals surface area contributed by atoms with Gasteiger partial charge >= 0.3 is 0 Å². The van der Waals surface area contributed by atoms with Crippen LogP contribution in [0, 0.1) is 0 Å². The number of carbonyl (C=O) groups is 2. The highest BCUT2D eigenvalue weighted by Gasteiger charge is 2.29. The van der Waals surface area contributed by atoms with Crippen molar-refractivity contribution < 1.29 is 19.1 Å². The summed E-state index contributed by atoms with van der Waals surface area (Å²) in [7, 11) is 0. The maximum absolute atomic E-state index is 12.8. The second-order valence-corrected chi connectivity index (χ2v) is 7.77. The van der Waals surface area contributed by atoms with Crippen LogP contribution in [-0.4, -0.2) is 53.6 Å². The minimum atomic E-state index is -0.118. The molecule has 1 aromatic heterocycles. The molecule has 0 bridgehead atoms. The Morgan fingerprint density at radius 3 is 2.78 bits per heavy atom. The van der Waals surface area contributed by atoms with Gasteiger partial charge in [0.1, 0.15) is 16.5 Å². The Balaban J connectivity index is 1.50. The Morgan fingerprint density at radius 1 is 1.26 bits per heavy atom. The van der Waals surface area contributed by atoms with Gasteiger partial charge in [0.2, 0.25) is 0 Å². The summed E-state index contributed by atoms with van der Waals surface area (Å²) < 4.78 is 11.2. The van der Waals surface area contributed by atoms with Gasteiger partial charge < -0.3 is 14.4 Å². The van der Waals surface area contributed by atoms with Crippen molar-refractivity contribution >= 4 is 28.8 Å². The Kier molecular flexibility index (Phi) is 4.84. The highest BCUT2D eigenvalue weighted by atomic mass is 32.1. The summed E-state index contributed by atoms with van der Waals surface area (Å²) in [6.45, 7) is 5.38. The molecule has 0 saturated carbocycles. The van der Waals surface area contributed by atoms with E-state index in [-0.39, 0.29) is 30.6 Å². The molecule has 0 N–H and O–H groups in total. The first kappa shape index (κ1) is 17.9. The Morgan fingerprint density at radius 2 is 2.00 bits per heavy atom. The van der Waals surface area contributed by atoms with E-state index in [0.29, 0.717) is 31.1 Å². The summed E-state index contributed by atoms with van der Waals surface area (Å²) in [4.78, 5) is 33.0. The molecule has 1 saturated heterocycles. The normalized spacial score (nSPS) is 22.4. The van der Waals surface area contributed by atoms with Gasteiger partial charge in [0.05, 0.1) is 24.4 Å². The van der Waals surface area contributed by atoms with Crippen LogP contribution in [0.5, 0.6) is 5.75 Å². The number of morpholine rings is 1. The Labute approximate surface area is 161 Å². The average Bonchev–Trinajstić information content (AvgIpc) is 3.11. The number of ether oxygens (including phenoxy) is 2. The van der Waals surface area contributed by atoms with E-state index >= 15 is 0 Å². The van der Waals surface area contributed by atoms with Gasteiger partial charge in [-0.25, -0.2) is 4.98 Å². The van der Waals surface area contributed by atoms with E-state index in [2.05, 4.69) is 4.98 Å². The first-order valence-corrected chi connectivity index (χ1v) is 9.80. The summed E-state index contributed by atoms with van der Waals surface area (Å²) in [5.41, 5.74) is 1.15. The van der Waals surface area contributed by atoms with Crippen molar-refractivity contribution in [2.45, 2.75) is 32.6 Å². The van der Waals surface area contributed by atoms with E-state index in [1.54, 1.807) is 15.2 Å². The van der Waals surface area contributed by atoms with Crippen molar-refractivity contribution in [3.63, 3.8) is 0 Å². The van der Waals surface area contributed by atoms with Crippen LogP contribution in [0.15, 0.2) is 29.6 Å². The number of hydrogen-bond donors (Lipinski definition) is 0. The molecule has 4 rings (SSSR count). The third-order valence-electron chi connectivity index (χ3n) is 4.58. The lowest BCUT2D eigenvalue weighted by Gasteiger charge is -2.34. The number of thiazole rings is 1. The first-order chi connectivity index (χ1) is 13.0. The van der Waals surface area contributed by atoms with Crippen molar-refractivity contribution in [3.05, 3.63) is 40.3 Å². The molecular weight excluding hydrogens is 366 g/mol. The molecule has 1 fully saturated rings. The van der Waals surface area contributed by atoms with Gasteiger partial charge in [0.25, 0.3) is 11.8 Å². The first-order valence-electron chi connectivity index (χ1n) is 8.92. The van der Waals surface area contributed by atoms with E-state index in [9.17, 15) is 9.59 Å². The van der Waals surface area contributed by atoms with E-state index in [1.807, 2.05) is 38.1 Å². The summed E-state index contributed by atoms with van der Waals surface area (Å²) in [6, 6.07) is 7.43. The molecule has 0 unspecified atom stereocenters. The van der Waals surface area contributed by atoms with Crippen LogP contribution >= 0.6 is 11.3 Å². The molecule has 2 atom stereocenters. The maximum atomic E-state index is 12.8. The molecule has 0 spiro atoms. The molecule has 2 aliphatic rings. The molecular formula is C19H21N3O4S. The second kappa shape index (κ2) is 7.28. The highest BCUT2D eigenvalue weighted by Crippen LogP contribution is 2.33. The van der Waals surface area contributed by atoms with Crippen LogP contribution in [0.2, 0.25) is 0 Å². The van der Waals surface area contributed by atoms with Gasteiger partial charge in [-0.05, 0) is 26.0 Å². The van der Waals surface area contributed by atoms with Crippen molar-refractivity contribution in [1.29, 1.82) is 0 Å². The minimum absolute atomic E-state index is 0.0116. The zero-order valence-corrected chi connectivity index (χ0v) is 16.1. The molecule has 2 amide bonds. The minimum Gasteiger partial charge on any atom is -0.482 e. The fraction of sp³-hybridized carbons (Fsp3) is 0.421. The Hall–Kier alpha value is -2.45. The van der Waals surface area contributed by atoms with Gasteiger partial charge in [-0.1, -0.05) is 12.1 Å². The predicted octanol–water partition coefficient (Wildman–Crippen LogP) is 2.32. The fourth-order valence-electron chi connectivity index (χ4n) is 3.45. The number of hydrogen-bond acceptors (Lipinski definition) is 6. The molecule has 1 aromatic carbocycles. The van der Waals surface area contributed by atoms with Crippen molar-refractivity contribution in [2.75, 3.05) is 24.6 Å². The fourth-order valence-corrected chi connectivity index (χ4v) is 4.21. The highest BCUT2D eigenvalue weighted by molar-refractivity contribution is 7.09. The summed E-state index contributed by atoms with van der Waals surface area (Å²) in [5.74, 6) is 0.474. The zero-order chi connectivity index (χ0) is 19.0. The van der Waals surface area contributed by atoms with Crippen LogP contribution in [0.25, 0.3) is 0 Å². The number of amides is 2. The monoisotopic (exact) mass is 387 g/mol. The molecule has 0 radical (unpaired) electrons. The van der Waals surface area contributed by atoms with Gasteiger partial charge in [-0.15, -0.1) is 11.3 Å². The summed E-state index contributed by atoms with van der Waals surface area (Å²) in [6.07, 6.45) is 0.0246. The predicted molar refractivity (Wildman–Crippen MR) is 101 cm³/mol. The van der Waals surface area contributed by atoms with Gasteiger partial charge in [0, 0.05) is 18.5 Å². The molecule has 2 aliphatic heterocycles. The lowest BCUT2D eigenvalue weighted by molar-refractivity contribution is -0.121. The SMILES string of the molecule is C[C@H]1CN(C(=O)c2csc(CN3C(=O)COc4ccccc43)n2)C[C@H](C)O1. The number of para-hydroxylation sites is 2. The van der Waals surface area contributed by atoms with Crippen LogP contribution in [-0.2, 0) is 16.1 Å². The van der Waals surface area contributed by atoms with Crippen molar-refractivity contribution in [1.82, 2.24) is 9.88 Å². The third-order valence-corrected chi connectivity index (χ3v) is 5.41. The van der Waals surface area contributed by atoms with Crippen LogP contribution < -0.4 is 9.64 Å². The Bertz CT molecular complexity index is 858. The molecule has 0 aliphatic carbocycles. The average molecular weight is 387 g/mol. The largest absolute Gasteiger partial charge is 0.482 e. The van der Waals surface area contributed by atoms with E-state index in [0.717, 1.165) is 10.7 Å². The molecule has 7 nitrogen and oxygen atoms in total. The van der Waals surface area contributed by atoms with Crippen LogP contribution in [0.1, 0.15) is 29.3 Å². The number of anilines is 1. The molecule has 142 valence electrons. The van der Waals surface area contributed by atoms with E-state index in [1.165, 1.54) is 11.3 Å². The number of benzene rings is 1. The lowest BCUT2D eigenvalue weighted by atomic mass is 10.2. The summed E-state index contributed by atoms with van der Waals surface area (Å²) >= 11 is 1.39. The molecule has 27 heavy (non-hydrogen) atoms. The van der Waals surface area contributed by atoms with Crippen molar-refractivity contribution in [3.8, 4) is 5.75 Å². The smallest absolute Gasteiger partial charge is 0.273 e. The van der Waals surface area contributed by atoms with Crippen molar-refractivity contribution in [2.24, 2.45) is 0 Å². The number of aromatic nitrogens is 1. The second-order valence-electron chi connectivity index (χ2n) is 6.83. The maximum Gasteiger partial charge on any atom is 0.273 e. The van der Waals surface area contributed by atoms with Crippen LogP contribution in [0.3, 0.4) is 0 Å². The standard InChI is InChI=1S/C19H21N3O4S/c1-12-7-21(8-13(2)26-12)19(24)14-11-27-17(20-14)9-22-15-5-3-4-6-16(15)25-10-18(22)23/h3-6,11-13H,7-10H2,1-2H3/t12-,13-/m0/s1. The molecule has 3 heterocycles.